The van der Waals surface area contributed by atoms with Crippen LogP contribution in [0.4, 0.5) is 0 Å². The minimum Gasteiger partial charge on any atom is -0.317 e. The molecule has 1 saturated carbocycles. The maximum absolute atomic E-state index is 3.49. The fourth-order valence-corrected chi connectivity index (χ4v) is 3.08. The average Bonchev–Trinajstić information content (AvgIpc) is 2.97. The molecule has 0 radical (unpaired) electrons. The molecule has 0 saturated heterocycles. The molecule has 0 bridgehead atoms. The molecule has 1 heterocycles. The van der Waals surface area contributed by atoms with Crippen LogP contribution >= 0.6 is 11.3 Å². The summed E-state index contributed by atoms with van der Waals surface area (Å²) in [6, 6.07) is 2.96. The molecule has 2 heteroatoms. The molecule has 0 aliphatic heterocycles. The van der Waals surface area contributed by atoms with E-state index >= 15 is 0 Å². The van der Waals surface area contributed by atoms with Gasteiger partial charge in [0.2, 0.25) is 0 Å². The van der Waals surface area contributed by atoms with E-state index in [-0.39, 0.29) is 0 Å². The van der Waals surface area contributed by atoms with Crippen molar-refractivity contribution < 1.29 is 0 Å². The third kappa shape index (κ3) is 3.05. The van der Waals surface area contributed by atoms with Gasteiger partial charge in [0.1, 0.15) is 0 Å². The largest absolute Gasteiger partial charge is 0.317 e. The highest BCUT2D eigenvalue weighted by molar-refractivity contribution is 7.07. The van der Waals surface area contributed by atoms with E-state index in [4.69, 9.17) is 0 Å². The molecule has 0 aromatic carbocycles. The molecule has 1 aromatic rings. The highest BCUT2D eigenvalue weighted by atomic mass is 32.1. The number of rotatable bonds is 6. The van der Waals surface area contributed by atoms with Crippen molar-refractivity contribution in [2.24, 2.45) is 11.8 Å². The van der Waals surface area contributed by atoms with Gasteiger partial charge in [-0.1, -0.05) is 6.92 Å². The van der Waals surface area contributed by atoms with Crippen LogP contribution in [-0.2, 0) is 6.42 Å². The van der Waals surface area contributed by atoms with E-state index in [1.54, 1.807) is 11.3 Å². The minimum absolute atomic E-state index is 0.706. The van der Waals surface area contributed by atoms with Crippen molar-refractivity contribution in [3.63, 3.8) is 0 Å². The van der Waals surface area contributed by atoms with Crippen LogP contribution < -0.4 is 5.32 Å². The molecule has 0 amide bonds. The zero-order chi connectivity index (χ0) is 10.7. The van der Waals surface area contributed by atoms with Crippen LogP contribution in [0.2, 0.25) is 0 Å². The van der Waals surface area contributed by atoms with Crippen molar-refractivity contribution in [2.45, 2.75) is 38.6 Å². The second-order valence-corrected chi connectivity index (χ2v) is 5.54. The monoisotopic (exact) mass is 223 g/mol. The van der Waals surface area contributed by atoms with Gasteiger partial charge in [-0.15, -0.1) is 0 Å². The summed E-state index contributed by atoms with van der Waals surface area (Å²) < 4.78 is 0. The Morgan fingerprint density at radius 3 is 2.87 bits per heavy atom. The number of hydrogen-bond acceptors (Lipinski definition) is 2. The van der Waals surface area contributed by atoms with Gasteiger partial charge in [0.15, 0.2) is 0 Å². The van der Waals surface area contributed by atoms with Gasteiger partial charge in [-0.2, -0.15) is 11.3 Å². The summed E-state index contributed by atoms with van der Waals surface area (Å²) in [4.78, 5) is 0. The third-order valence-corrected chi connectivity index (χ3v) is 4.43. The van der Waals surface area contributed by atoms with Gasteiger partial charge in [0, 0.05) is 6.04 Å². The first-order valence-corrected chi connectivity index (χ1v) is 6.94. The quantitative estimate of drug-likeness (QED) is 0.780. The molecule has 1 N–H and O–H groups in total. The summed E-state index contributed by atoms with van der Waals surface area (Å²) >= 11 is 1.81. The van der Waals surface area contributed by atoms with Gasteiger partial charge in [-0.3, -0.25) is 0 Å². The highest BCUT2D eigenvalue weighted by Crippen LogP contribution is 2.38. The van der Waals surface area contributed by atoms with E-state index in [0.29, 0.717) is 6.04 Å². The van der Waals surface area contributed by atoms with Crippen LogP contribution in [0.3, 0.4) is 0 Å². The normalized spacial score (nSPS) is 20.1. The van der Waals surface area contributed by atoms with E-state index in [1.165, 1.54) is 31.2 Å². The lowest BCUT2D eigenvalue weighted by molar-refractivity contribution is 0.342. The maximum atomic E-state index is 3.49. The van der Waals surface area contributed by atoms with E-state index in [9.17, 15) is 0 Å². The molecular weight excluding hydrogens is 202 g/mol. The number of hydrogen-bond donors (Lipinski definition) is 1. The van der Waals surface area contributed by atoms with E-state index in [0.717, 1.165) is 11.8 Å². The molecular formula is C13H21NS. The van der Waals surface area contributed by atoms with Gasteiger partial charge in [0.05, 0.1) is 0 Å². The molecule has 1 nitrogen and oxygen atoms in total. The summed E-state index contributed by atoms with van der Waals surface area (Å²) in [7, 11) is 2.11. The lowest BCUT2D eigenvalue weighted by Crippen LogP contribution is -2.33. The van der Waals surface area contributed by atoms with Gasteiger partial charge in [0.25, 0.3) is 0 Å². The second kappa shape index (κ2) is 5.13. The van der Waals surface area contributed by atoms with Crippen LogP contribution in [0, 0.1) is 11.8 Å². The second-order valence-electron chi connectivity index (χ2n) is 4.76. The summed E-state index contributed by atoms with van der Waals surface area (Å²) in [6.45, 7) is 2.41. The molecule has 2 atom stereocenters. The lowest BCUT2D eigenvalue weighted by atomic mass is 9.92. The first-order valence-electron chi connectivity index (χ1n) is 5.99. The van der Waals surface area contributed by atoms with E-state index in [2.05, 4.69) is 36.1 Å². The van der Waals surface area contributed by atoms with Gasteiger partial charge >= 0.3 is 0 Å². The number of aryl methyl sites for hydroxylation is 1. The third-order valence-electron chi connectivity index (χ3n) is 3.70. The van der Waals surface area contributed by atoms with Gasteiger partial charge < -0.3 is 5.32 Å². The zero-order valence-electron chi connectivity index (χ0n) is 9.70. The van der Waals surface area contributed by atoms with Crippen molar-refractivity contribution in [3.05, 3.63) is 22.4 Å². The van der Waals surface area contributed by atoms with Crippen LogP contribution in [0.1, 0.15) is 31.7 Å². The molecule has 1 aliphatic rings. The SMILES string of the molecule is CNC(CCc1ccsc1)C(C)C1CC1. The molecule has 0 spiro atoms. The molecule has 2 rings (SSSR count). The Kier molecular flexibility index (Phi) is 3.81. The number of nitrogens with one attached hydrogen (secondary N) is 1. The molecule has 1 fully saturated rings. The fraction of sp³-hybridized carbons (Fsp3) is 0.692. The molecule has 2 unspecified atom stereocenters. The summed E-state index contributed by atoms with van der Waals surface area (Å²) in [5.41, 5.74) is 1.50. The summed E-state index contributed by atoms with van der Waals surface area (Å²) in [5.74, 6) is 1.86. The number of thiophene rings is 1. The summed E-state index contributed by atoms with van der Waals surface area (Å²) in [6.07, 6.45) is 5.42. The predicted molar refractivity (Wildman–Crippen MR) is 67.4 cm³/mol. The van der Waals surface area contributed by atoms with Gasteiger partial charge in [-0.25, -0.2) is 0 Å². The first-order chi connectivity index (χ1) is 7.31. The Hall–Kier alpha value is -0.340. The van der Waals surface area contributed by atoms with E-state index < -0.39 is 0 Å². The topological polar surface area (TPSA) is 12.0 Å². The Bertz CT molecular complexity index is 277. The average molecular weight is 223 g/mol. The van der Waals surface area contributed by atoms with Crippen molar-refractivity contribution in [2.75, 3.05) is 7.05 Å². The van der Waals surface area contributed by atoms with Crippen molar-refractivity contribution in [3.8, 4) is 0 Å². The van der Waals surface area contributed by atoms with E-state index in [1.807, 2.05) is 0 Å². The molecule has 1 aromatic heterocycles. The molecule has 84 valence electrons. The Balaban J connectivity index is 1.80. The standard InChI is InChI=1S/C13H21NS/c1-10(12-4-5-12)13(14-2)6-3-11-7-8-15-9-11/h7-10,12-14H,3-6H2,1-2H3. The van der Waals surface area contributed by atoms with Gasteiger partial charge in [-0.05, 0) is 67.0 Å². The predicted octanol–water partition coefficient (Wildman–Crippen LogP) is 3.31. The Morgan fingerprint density at radius 2 is 2.33 bits per heavy atom. The van der Waals surface area contributed by atoms with Crippen molar-refractivity contribution >= 4 is 11.3 Å². The lowest BCUT2D eigenvalue weighted by Gasteiger charge is -2.23. The van der Waals surface area contributed by atoms with Crippen molar-refractivity contribution in [1.29, 1.82) is 0 Å². The maximum Gasteiger partial charge on any atom is 0.00955 e. The summed E-state index contributed by atoms with van der Waals surface area (Å²) in [5, 5.41) is 7.94. The van der Waals surface area contributed by atoms with Crippen molar-refractivity contribution in [1.82, 2.24) is 5.32 Å². The molecule has 15 heavy (non-hydrogen) atoms. The highest BCUT2D eigenvalue weighted by Gasteiger charge is 2.32. The first kappa shape index (κ1) is 11.2. The van der Waals surface area contributed by atoms with Crippen LogP contribution in [-0.4, -0.2) is 13.1 Å². The van der Waals surface area contributed by atoms with Crippen LogP contribution in [0.5, 0.6) is 0 Å². The van der Waals surface area contributed by atoms with Crippen LogP contribution in [0.15, 0.2) is 16.8 Å². The zero-order valence-corrected chi connectivity index (χ0v) is 10.5. The Morgan fingerprint density at radius 1 is 1.53 bits per heavy atom. The van der Waals surface area contributed by atoms with Crippen LogP contribution in [0.25, 0.3) is 0 Å². The Labute approximate surface area is 96.9 Å². The fourth-order valence-electron chi connectivity index (χ4n) is 2.38. The smallest absolute Gasteiger partial charge is 0.00955 e. The molecule has 1 aliphatic carbocycles. The minimum atomic E-state index is 0.706.